The SMILES string of the molecule is CC1(C)CC(=O)C(C(Nc2cccc3ccccc23)c2ccccc2)C(=O)C1. The van der Waals surface area contributed by atoms with E-state index in [9.17, 15) is 9.59 Å². The van der Waals surface area contributed by atoms with Crippen LogP contribution in [0.5, 0.6) is 0 Å². The van der Waals surface area contributed by atoms with Gasteiger partial charge in [0.2, 0.25) is 0 Å². The van der Waals surface area contributed by atoms with Crippen LogP contribution in [0, 0.1) is 11.3 Å². The van der Waals surface area contributed by atoms with E-state index < -0.39 is 5.92 Å². The van der Waals surface area contributed by atoms with Gasteiger partial charge in [-0.3, -0.25) is 9.59 Å². The van der Waals surface area contributed by atoms with Gasteiger partial charge in [0.15, 0.2) is 0 Å². The van der Waals surface area contributed by atoms with E-state index in [1.165, 1.54) is 0 Å². The van der Waals surface area contributed by atoms with Gasteiger partial charge in [-0.1, -0.05) is 80.6 Å². The highest BCUT2D eigenvalue weighted by molar-refractivity contribution is 6.06. The number of benzene rings is 3. The minimum atomic E-state index is -0.658. The number of carbonyl (C=O) groups is 2. The van der Waals surface area contributed by atoms with Crippen molar-refractivity contribution < 1.29 is 9.59 Å². The zero-order valence-electron chi connectivity index (χ0n) is 16.3. The second-order valence-corrected chi connectivity index (χ2v) is 8.49. The number of carbonyl (C=O) groups excluding carboxylic acids is 2. The van der Waals surface area contributed by atoms with Gasteiger partial charge in [0.25, 0.3) is 0 Å². The number of fused-ring (bicyclic) bond motifs is 1. The van der Waals surface area contributed by atoms with Crippen LogP contribution in [0.2, 0.25) is 0 Å². The van der Waals surface area contributed by atoms with Gasteiger partial charge in [-0.25, -0.2) is 0 Å². The van der Waals surface area contributed by atoms with Crippen molar-refractivity contribution in [3.05, 3.63) is 78.4 Å². The molecule has 3 aromatic rings. The summed E-state index contributed by atoms with van der Waals surface area (Å²) in [4.78, 5) is 26.1. The summed E-state index contributed by atoms with van der Waals surface area (Å²) < 4.78 is 0. The summed E-state index contributed by atoms with van der Waals surface area (Å²) >= 11 is 0. The van der Waals surface area contributed by atoms with Crippen LogP contribution in [-0.4, -0.2) is 11.6 Å². The van der Waals surface area contributed by atoms with Crippen LogP contribution >= 0.6 is 0 Å². The fraction of sp³-hybridized carbons (Fsp3) is 0.280. The van der Waals surface area contributed by atoms with Crippen LogP contribution in [0.3, 0.4) is 0 Å². The highest BCUT2D eigenvalue weighted by Gasteiger charge is 2.44. The molecule has 0 radical (unpaired) electrons. The first-order valence-electron chi connectivity index (χ1n) is 9.79. The predicted molar refractivity (Wildman–Crippen MR) is 113 cm³/mol. The van der Waals surface area contributed by atoms with E-state index in [0.717, 1.165) is 22.0 Å². The molecule has 1 aliphatic rings. The minimum Gasteiger partial charge on any atom is -0.377 e. The Labute approximate surface area is 165 Å². The van der Waals surface area contributed by atoms with E-state index in [0.29, 0.717) is 12.8 Å². The number of nitrogens with one attached hydrogen (secondary N) is 1. The topological polar surface area (TPSA) is 46.2 Å². The molecule has 1 saturated carbocycles. The Morgan fingerprint density at radius 1 is 0.821 bits per heavy atom. The second kappa shape index (κ2) is 7.23. The van der Waals surface area contributed by atoms with Gasteiger partial charge in [-0.15, -0.1) is 0 Å². The quantitative estimate of drug-likeness (QED) is 0.610. The fourth-order valence-electron chi connectivity index (χ4n) is 4.32. The predicted octanol–water partition coefficient (Wildman–Crippen LogP) is 5.57. The number of hydrogen-bond donors (Lipinski definition) is 1. The third-order valence-corrected chi connectivity index (χ3v) is 5.59. The molecule has 0 amide bonds. The largest absolute Gasteiger partial charge is 0.377 e. The van der Waals surface area contributed by atoms with Crippen molar-refractivity contribution in [3.63, 3.8) is 0 Å². The summed E-state index contributed by atoms with van der Waals surface area (Å²) in [6.07, 6.45) is 0.869. The Morgan fingerprint density at radius 2 is 1.43 bits per heavy atom. The molecule has 3 aromatic carbocycles. The molecular formula is C25H25NO2. The molecule has 0 aromatic heterocycles. The molecule has 3 nitrogen and oxygen atoms in total. The normalized spacial score (nSPS) is 18.2. The maximum absolute atomic E-state index is 13.0. The molecule has 142 valence electrons. The Kier molecular flexibility index (Phi) is 4.76. The molecule has 3 heteroatoms. The molecule has 1 N–H and O–H groups in total. The maximum atomic E-state index is 13.0. The highest BCUT2D eigenvalue weighted by Crippen LogP contribution is 2.40. The monoisotopic (exact) mass is 371 g/mol. The molecule has 0 heterocycles. The lowest BCUT2D eigenvalue weighted by atomic mass is 9.68. The van der Waals surface area contributed by atoms with Crippen molar-refractivity contribution >= 4 is 28.0 Å². The number of ketones is 2. The van der Waals surface area contributed by atoms with Crippen LogP contribution in [0.4, 0.5) is 5.69 Å². The number of rotatable bonds is 4. The molecule has 0 saturated heterocycles. The van der Waals surface area contributed by atoms with Crippen molar-refractivity contribution in [2.45, 2.75) is 32.7 Å². The number of hydrogen-bond acceptors (Lipinski definition) is 3. The Balaban J connectivity index is 1.77. The number of Topliss-reactive ketones (excluding diaryl/α,β-unsaturated/α-hetero) is 2. The van der Waals surface area contributed by atoms with Gasteiger partial charge in [0.1, 0.15) is 17.5 Å². The fourth-order valence-corrected chi connectivity index (χ4v) is 4.32. The zero-order chi connectivity index (χ0) is 19.7. The summed E-state index contributed by atoms with van der Waals surface area (Å²) in [5.74, 6) is -0.597. The van der Waals surface area contributed by atoms with E-state index in [1.807, 2.05) is 68.4 Å². The van der Waals surface area contributed by atoms with Gasteiger partial charge in [-0.05, 0) is 22.4 Å². The minimum absolute atomic E-state index is 0.0304. The average Bonchev–Trinajstić information content (AvgIpc) is 2.66. The van der Waals surface area contributed by atoms with Crippen LogP contribution in [-0.2, 0) is 9.59 Å². The first-order chi connectivity index (χ1) is 13.4. The Hall–Kier alpha value is -2.94. The Bertz CT molecular complexity index is 998. The first-order valence-corrected chi connectivity index (χ1v) is 9.79. The van der Waals surface area contributed by atoms with Gasteiger partial charge >= 0.3 is 0 Å². The molecule has 0 aliphatic heterocycles. The molecule has 1 aliphatic carbocycles. The van der Waals surface area contributed by atoms with Gasteiger partial charge < -0.3 is 5.32 Å². The molecular weight excluding hydrogens is 346 g/mol. The van der Waals surface area contributed by atoms with Gasteiger partial charge in [-0.2, -0.15) is 0 Å². The standard InChI is InChI=1S/C25H25NO2/c1-25(2)15-21(27)23(22(28)16-25)24(18-10-4-3-5-11-18)26-20-14-8-12-17-9-6-7-13-19(17)20/h3-14,23-24,26H,15-16H2,1-2H3. The summed E-state index contributed by atoms with van der Waals surface area (Å²) in [6.45, 7) is 3.99. The van der Waals surface area contributed by atoms with Crippen LogP contribution in [0.25, 0.3) is 10.8 Å². The highest BCUT2D eigenvalue weighted by atomic mass is 16.2. The third-order valence-electron chi connectivity index (χ3n) is 5.59. The third kappa shape index (κ3) is 3.57. The summed E-state index contributed by atoms with van der Waals surface area (Å²) in [6, 6.07) is 23.7. The smallest absolute Gasteiger partial charge is 0.146 e. The van der Waals surface area contributed by atoms with Crippen molar-refractivity contribution in [3.8, 4) is 0 Å². The molecule has 1 fully saturated rings. The summed E-state index contributed by atoms with van der Waals surface area (Å²) in [7, 11) is 0. The Morgan fingerprint density at radius 3 is 2.14 bits per heavy atom. The lowest BCUT2D eigenvalue weighted by molar-refractivity contribution is -0.140. The van der Waals surface area contributed by atoms with E-state index in [4.69, 9.17) is 0 Å². The maximum Gasteiger partial charge on any atom is 0.146 e. The lowest BCUT2D eigenvalue weighted by Crippen LogP contribution is -2.42. The second-order valence-electron chi connectivity index (χ2n) is 8.49. The van der Waals surface area contributed by atoms with Crippen LogP contribution in [0.15, 0.2) is 72.8 Å². The van der Waals surface area contributed by atoms with Crippen molar-refractivity contribution in [2.24, 2.45) is 11.3 Å². The van der Waals surface area contributed by atoms with Crippen LogP contribution < -0.4 is 5.32 Å². The van der Waals surface area contributed by atoms with Crippen molar-refractivity contribution in [2.75, 3.05) is 5.32 Å². The molecule has 1 atom stereocenters. The summed E-state index contributed by atoms with van der Waals surface area (Å²) in [5.41, 5.74) is 1.64. The molecule has 28 heavy (non-hydrogen) atoms. The van der Waals surface area contributed by atoms with Gasteiger partial charge in [0.05, 0.1) is 6.04 Å². The summed E-state index contributed by atoms with van der Waals surface area (Å²) in [5, 5.41) is 5.77. The van der Waals surface area contributed by atoms with E-state index in [2.05, 4.69) is 23.5 Å². The van der Waals surface area contributed by atoms with E-state index in [1.54, 1.807) is 0 Å². The molecule has 0 spiro atoms. The zero-order valence-corrected chi connectivity index (χ0v) is 16.3. The molecule has 1 unspecified atom stereocenters. The van der Waals surface area contributed by atoms with E-state index in [-0.39, 0.29) is 23.0 Å². The molecule has 4 rings (SSSR count). The van der Waals surface area contributed by atoms with Crippen molar-refractivity contribution in [1.29, 1.82) is 0 Å². The van der Waals surface area contributed by atoms with E-state index >= 15 is 0 Å². The lowest BCUT2D eigenvalue weighted by Gasteiger charge is -2.36. The van der Waals surface area contributed by atoms with Gasteiger partial charge in [0, 0.05) is 23.9 Å². The number of anilines is 1. The first kappa shape index (κ1) is 18.4. The average molecular weight is 371 g/mol. The van der Waals surface area contributed by atoms with Crippen LogP contribution in [0.1, 0.15) is 38.3 Å². The van der Waals surface area contributed by atoms with Crippen molar-refractivity contribution in [1.82, 2.24) is 0 Å². The molecule has 0 bridgehead atoms.